The normalized spacial score (nSPS) is 10.9. The van der Waals surface area contributed by atoms with E-state index in [2.05, 4.69) is 20.4 Å². The summed E-state index contributed by atoms with van der Waals surface area (Å²) in [6.07, 6.45) is 1.64. The summed E-state index contributed by atoms with van der Waals surface area (Å²) in [6, 6.07) is 7.88. The van der Waals surface area contributed by atoms with Crippen LogP contribution in [0, 0.1) is 4.77 Å². The lowest BCUT2D eigenvalue weighted by atomic mass is 10.3. The van der Waals surface area contributed by atoms with Crippen LogP contribution in [0.3, 0.4) is 0 Å². The van der Waals surface area contributed by atoms with Crippen LogP contribution < -0.4 is 0 Å². The van der Waals surface area contributed by atoms with Crippen molar-refractivity contribution in [1.29, 1.82) is 0 Å². The van der Waals surface area contributed by atoms with Crippen molar-refractivity contribution < 1.29 is 0 Å². The van der Waals surface area contributed by atoms with Gasteiger partial charge in [0.1, 0.15) is 0 Å². The van der Waals surface area contributed by atoms with Gasteiger partial charge in [-0.1, -0.05) is 12.1 Å². The van der Waals surface area contributed by atoms with Gasteiger partial charge in [0, 0.05) is 0 Å². The summed E-state index contributed by atoms with van der Waals surface area (Å²) < 4.78 is 2.46. The van der Waals surface area contributed by atoms with Crippen LogP contribution in [0.4, 0.5) is 0 Å². The molecule has 0 aliphatic rings. The molecule has 3 rings (SSSR count). The molecule has 0 unspecified atom stereocenters. The van der Waals surface area contributed by atoms with Gasteiger partial charge < -0.3 is 4.98 Å². The third kappa shape index (κ3) is 1.18. The van der Waals surface area contributed by atoms with Crippen LogP contribution in [0.5, 0.6) is 0 Å². The Bertz CT molecular complexity index is 649. The Labute approximate surface area is 89.8 Å². The van der Waals surface area contributed by atoms with Crippen LogP contribution in [0.1, 0.15) is 0 Å². The van der Waals surface area contributed by atoms with Crippen molar-refractivity contribution in [2.24, 2.45) is 0 Å². The first-order chi connectivity index (χ1) is 7.36. The van der Waals surface area contributed by atoms with Crippen molar-refractivity contribution in [2.75, 3.05) is 0 Å². The Balaban J connectivity index is 2.44. The van der Waals surface area contributed by atoms with Gasteiger partial charge in [-0.15, -0.1) is 5.10 Å². The van der Waals surface area contributed by atoms with E-state index in [1.807, 2.05) is 28.8 Å². The lowest BCUT2D eigenvalue weighted by Gasteiger charge is -1.96. The van der Waals surface area contributed by atoms with E-state index >= 15 is 0 Å². The number of rotatable bonds is 1. The van der Waals surface area contributed by atoms with Crippen LogP contribution >= 0.6 is 12.2 Å². The lowest BCUT2D eigenvalue weighted by molar-refractivity contribution is 0.909. The van der Waals surface area contributed by atoms with E-state index in [0.29, 0.717) is 10.6 Å². The van der Waals surface area contributed by atoms with Crippen molar-refractivity contribution in [1.82, 2.24) is 25.0 Å². The number of aromatic nitrogens is 5. The first-order valence-electron chi connectivity index (χ1n) is 4.42. The van der Waals surface area contributed by atoms with Gasteiger partial charge >= 0.3 is 0 Å². The number of hydrogen-bond acceptors (Lipinski definition) is 3. The second kappa shape index (κ2) is 3.03. The number of imidazole rings is 1. The van der Waals surface area contributed by atoms with E-state index in [1.54, 1.807) is 6.20 Å². The fourth-order valence-corrected chi connectivity index (χ4v) is 1.89. The molecular weight excluding hydrogens is 210 g/mol. The number of nitrogens with zero attached hydrogens (tertiary/aromatic N) is 3. The minimum absolute atomic E-state index is 0.616. The van der Waals surface area contributed by atoms with E-state index in [4.69, 9.17) is 12.2 Å². The predicted octanol–water partition coefficient (Wildman–Crippen LogP) is 1.81. The van der Waals surface area contributed by atoms with Crippen molar-refractivity contribution in [3.05, 3.63) is 35.2 Å². The molecule has 1 aromatic carbocycles. The van der Waals surface area contributed by atoms with Crippen LogP contribution in [-0.2, 0) is 0 Å². The predicted molar refractivity (Wildman–Crippen MR) is 58.4 cm³/mol. The largest absolute Gasteiger partial charge is 0.330 e. The van der Waals surface area contributed by atoms with Gasteiger partial charge in [-0.05, 0) is 24.4 Å². The van der Waals surface area contributed by atoms with Gasteiger partial charge in [-0.3, -0.25) is 4.57 Å². The zero-order valence-corrected chi connectivity index (χ0v) is 8.45. The zero-order valence-electron chi connectivity index (χ0n) is 7.64. The van der Waals surface area contributed by atoms with Crippen molar-refractivity contribution in [3.63, 3.8) is 0 Å². The maximum atomic E-state index is 5.23. The standard InChI is InChI=1S/C9H7N5S/c15-9-11-6-3-1-2-4-7(6)14(9)8-5-10-13-12-8/h1-5H,(H,11,15)(H,10,12,13). The number of nitrogens with one attached hydrogen (secondary N) is 2. The third-order valence-corrected chi connectivity index (χ3v) is 2.51. The molecule has 3 aromatic rings. The molecule has 2 heterocycles. The van der Waals surface area contributed by atoms with Gasteiger partial charge in [0.15, 0.2) is 10.6 Å². The summed E-state index contributed by atoms with van der Waals surface area (Å²) in [5, 5.41) is 10.3. The Hall–Kier alpha value is -1.95. The van der Waals surface area contributed by atoms with Crippen LogP contribution in [-0.4, -0.2) is 25.0 Å². The number of para-hydroxylation sites is 2. The van der Waals surface area contributed by atoms with Gasteiger partial charge in [-0.2, -0.15) is 10.3 Å². The fraction of sp³-hybridized carbons (Fsp3) is 0. The highest BCUT2D eigenvalue weighted by molar-refractivity contribution is 7.71. The summed E-state index contributed by atoms with van der Waals surface area (Å²) >= 11 is 5.23. The smallest absolute Gasteiger partial charge is 0.184 e. The molecule has 0 bridgehead atoms. The number of aromatic amines is 2. The van der Waals surface area contributed by atoms with Gasteiger partial charge in [0.05, 0.1) is 17.2 Å². The van der Waals surface area contributed by atoms with E-state index in [1.165, 1.54) is 0 Å². The van der Waals surface area contributed by atoms with E-state index < -0.39 is 0 Å². The van der Waals surface area contributed by atoms with Crippen LogP contribution in [0.25, 0.3) is 16.9 Å². The van der Waals surface area contributed by atoms with Gasteiger partial charge in [-0.25, -0.2) is 0 Å². The first kappa shape index (κ1) is 8.37. The molecular formula is C9H7N5S. The first-order valence-corrected chi connectivity index (χ1v) is 4.83. The van der Waals surface area contributed by atoms with Crippen molar-refractivity contribution in [2.45, 2.75) is 0 Å². The SMILES string of the molecule is S=c1[nH]c2ccccc2n1-c1cn[nH]n1. The Morgan fingerprint density at radius 2 is 2.13 bits per heavy atom. The molecule has 0 radical (unpaired) electrons. The molecule has 0 aliphatic carbocycles. The molecule has 6 heteroatoms. The average Bonchev–Trinajstić information content (AvgIpc) is 2.82. The monoisotopic (exact) mass is 217 g/mol. The Kier molecular flexibility index (Phi) is 1.69. The van der Waals surface area contributed by atoms with Crippen LogP contribution in [0.15, 0.2) is 30.5 Å². The summed E-state index contributed by atoms with van der Waals surface area (Å²) in [5.41, 5.74) is 1.99. The second-order valence-electron chi connectivity index (χ2n) is 3.11. The second-order valence-corrected chi connectivity index (χ2v) is 3.50. The molecule has 5 nitrogen and oxygen atoms in total. The molecule has 0 spiro atoms. The van der Waals surface area contributed by atoms with Crippen LogP contribution in [0.2, 0.25) is 0 Å². The molecule has 0 atom stereocenters. The highest BCUT2D eigenvalue weighted by Gasteiger charge is 2.06. The van der Waals surface area contributed by atoms with E-state index in [0.717, 1.165) is 11.0 Å². The molecule has 0 saturated carbocycles. The quantitative estimate of drug-likeness (QED) is 0.611. The number of H-pyrrole nitrogens is 2. The fourth-order valence-electron chi connectivity index (χ4n) is 1.59. The minimum atomic E-state index is 0.616. The lowest BCUT2D eigenvalue weighted by Crippen LogP contribution is -1.93. The van der Waals surface area contributed by atoms with Crippen molar-refractivity contribution >= 4 is 23.3 Å². The number of hydrogen-bond donors (Lipinski definition) is 2. The number of fused-ring (bicyclic) bond motifs is 1. The summed E-state index contributed by atoms with van der Waals surface area (Å²) in [5.74, 6) is 0.692. The summed E-state index contributed by atoms with van der Waals surface area (Å²) in [7, 11) is 0. The van der Waals surface area contributed by atoms with Crippen molar-refractivity contribution in [3.8, 4) is 5.82 Å². The van der Waals surface area contributed by atoms with E-state index in [9.17, 15) is 0 Å². The maximum Gasteiger partial charge on any atom is 0.184 e. The Morgan fingerprint density at radius 1 is 1.27 bits per heavy atom. The molecule has 0 aliphatic heterocycles. The topological polar surface area (TPSA) is 62.3 Å². The average molecular weight is 217 g/mol. The third-order valence-electron chi connectivity index (χ3n) is 2.22. The maximum absolute atomic E-state index is 5.23. The molecule has 2 aromatic heterocycles. The zero-order chi connectivity index (χ0) is 10.3. The summed E-state index contributed by atoms with van der Waals surface area (Å²) in [6.45, 7) is 0. The molecule has 0 fully saturated rings. The van der Waals surface area contributed by atoms with Gasteiger partial charge in [0.2, 0.25) is 0 Å². The molecule has 74 valence electrons. The molecule has 0 amide bonds. The minimum Gasteiger partial charge on any atom is -0.330 e. The van der Waals surface area contributed by atoms with Gasteiger partial charge in [0.25, 0.3) is 0 Å². The Morgan fingerprint density at radius 3 is 2.93 bits per heavy atom. The highest BCUT2D eigenvalue weighted by Crippen LogP contribution is 2.16. The highest BCUT2D eigenvalue weighted by atomic mass is 32.1. The molecule has 15 heavy (non-hydrogen) atoms. The molecule has 2 N–H and O–H groups in total. The summed E-state index contributed by atoms with van der Waals surface area (Å²) in [4.78, 5) is 3.11. The molecule has 0 saturated heterocycles. The number of benzene rings is 1. The van der Waals surface area contributed by atoms with E-state index in [-0.39, 0.29) is 0 Å².